The number of carbonyl (C=O) groups is 2. The Morgan fingerprint density at radius 2 is 1.67 bits per heavy atom. The highest BCUT2D eigenvalue weighted by Crippen LogP contribution is 2.32. The minimum absolute atomic E-state index is 0.0145. The zero-order valence-corrected chi connectivity index (χ0v) is 24.3. The van der Waals surface area contributed by atoms with Gasteiger partial charge in [-0.3, -0.25) is 15.6 Å². The molecule has 10 nitrogen and oxygen atoms in total. The smallest absolute Gasteiger partial charge is 0.462 e. The van der Waals surface area contributed by atoms with Gasteiger partial charge < -0.3 is 19.2 Å². The minimum Gasteiger partial charge on any atom is -0.462 e. The van der Waals surface area contributed by atoms with Crippen molar-refractivity contribution in [3.8, 4) is 5.75 Å². The van der Waals surface area contributed by atoms with Crippen molar-refractivity contribution in [2.24, 2.45) is 5.92 Å². The number of furan rings is 1. The molecular weight excluding hydrogens is 567 g/mol. The summed E-state index contributed by atoms with van der Waals surface area (Å²) in [7, 11) is 0. The fraction of sp³-hybridized carbons (Fsp3) is 0.333. The van der Waals surface area contributed by atoms with E-state index in [4.69, 9.17) is 9.15 Å². The van der Waals surface area contributed by atoms with Crippen LogP contribution >= 0.6 is 0 Å². The van der Waals surface area contributed by atoms with Crippen molar-refractivity contribution in [3.63, 3.8) is 0 Å². The van der Waals surface area contributed by atoms with Crippen LogP contribution in [0.15, 0.2) is 52.9 Å². The summed E-state index contributed by atoms with van der Waals surface area (Å²) in [6.45, 7) is 9.38. The zero-order chi connectivity index (χ0) is 31.3. The van der Waals surface area contributed by atoms with Gasteiger partial charge in [0.1, 0.15) is 17.1 Å². The summed E-state index contributed by atoms with van der Waals surface area (Å²) < 4.78 is 52.4. The lowest BCUT2D eigenvalue weighted by Gasteiger charge is -2.16. The number of rotatable bonds is 11. The zero-order valence-electron chi connectivity index (χ0n) is 24.3. The van der Waals surface area contributed by atoms with E-state index in [2.05, 4.69) is 44.7 Å². The maximum absolute atomic E-state index is 13.1. The number of nitrogens with one attached hydrogen (secondary N) is 3. The maximum atomic E-state index is 13.1. The van der Waals surface area contributed by atoms with Gasteiger partial charge in [-0.05, 0) is 68.5 Å². The normalized spacial score (nSPS) is 12.2. The van der Waals surface area contributed by atoms with E-state index in [1.54, 1.807) is 20.8 Å². The lowest BCUT2D eigenvalue weighted by atomic mass is 9.96. The number of anilines is 3. The van der Waals surface area contributed by atoms with Crippen molar-refractivity contribution < 1.29 is 36.7 Å². The van der Waals surface area contributed by atoms with Crippen molar-refractivity contribution in [3.05, 3.63) is 71.0 Å². The Labute approximate surface area is 246 Å². The Morgan fingerprint density at radius 3 is 2.28 bits per heavy atom. The SMILES string of the molecule is CCOC(=O)c1c(C)oc2nc(Nc3ccc(OC(F)(F)F)cc3)nc(NNC(=O)C(C)c3ccc(CC(C)C)cc3)c12. The first-order valence-electron chi connectivity index (χ1n) is 13.6. The van der Waals surface area contributed by atoms with Crippen molar-refractivity contribution in [1.29, 1.82) is 0 Å². The van der Waals surface area contributed by atoms with Crippen LogP contribution in [0.2, 0.25) is 0 Å². The van der Waals surface area contributed by atoms with E-state index in [-0.39, 0.29) is 46.7 Å². The van der Waals surface area contributed by atoms with Gasteiger partial charge in [0.25, 0.3) is 0 Å². The number of alkyl halides is 3. The van der Waals surface area contributed by atoms with Gasteiger partial charge in [0.2, 0.25) is 17.6 Å². The van der Waals surface area contributed by atoms with Gasteiger partial charge in [-0.1, -0.05) is 38.1 Å². The third-order valence-corrected chi connectivity index (χ3v) is 6.37. The Morgan fingerprint density at radius 1 is 1.00 bits per heavy atom. The number of halogens is 3. The van der Waals surface area contributed by atoms with Crippen LogP contribution in [0.4, 0.5) is 30.6 Å². The summed E-state index contributed by atoms with van der Waals surface area (Å²) in [5, 5.41) is 3.06. The number of aryl methyl sites for hydroxylation is 1. The monoisotopic (exact) mass is 599 g/mol. The number of fused-ring (bicyclic) bond motifs is 1. The second-order valence-electron chi connectivity index (χ2n) is 10.2. The van der Waals surface area contributed by atoms with Crippen LogP contribution in [0.3, 0.4) is 0 Å². The molecule has 3 N–H and O–H groups in total. The molecule has 2 aromatic heterocycles. The number of aromatic nitrogens is 2. The molecular formula is C30H32F3N5O5. The Balaban J connectivity index is 1.60. The van der Waals surface area contributed by atoms with Gasteiger partial charge in [-0.15, -0.1) is 13.2 Å². The second kappa shape index (κ2) is 13.0. The topological polar surface area (TPSA) is 128 Å². The van der Waals surface area contributed by atoms with E-state index in [1.165, 1.54) is 17.7 Å². The lowest BCUT2D eigenvalue weighted by molar-refractivity contribution is -0.274. The van der Waals surface area contributed by atoms with Gasteiger partial charge >= 0.3 is 12.3 Å². The Hall–Kier alpha value is -4.81. The van der Waals surface area contributed by atoms with Crippen LogP contribution in [0.1, 0.15) is 60.9 Å². The number of hydrogen-bond acceptors (Lipinski definition) is 9. The fourth-order valence-electron chi connectivity index (χ4n) is 4.37. The standard InChI is InChI=1S/C30H32F3N5O5/c1-6-41-28(40)23-18(5)42-27-24(23)25(35-29(36-27)34-21-11-13-22(14-12-21)43-30(31,32)33)37-38-26(39)17(4)20-9-7-19(8-10-20)15-16(2)3/h7-14,16-17H,6,15H2,1-5H3,(H,38,39)(H2,34,35,36,37). The molecule has 1 amide bonds. The number of benzene rings is 2. The van der Waals surface area contributed by atoms with Gasteiger partial charge in [0.15, 0.2) is 5.82 Å². The quantitative estimate of drug-likeness (QED) is 0.126. The van der Waals surface area contributed by atoms with E-state index in [0.717, 1.165) is 24.1 Å². The van der Waals surface area contributed by atoms with Crippen LogP contribution in [0, 0.1) is 12.8 Å². The largest absolute Gasteiger partial charge is 0.573 e. The maximum Gasteiger partial charge on any atom is 0.573 e. The number of amides is 1. The van der Waals surface area contributed by atoms with Crippen LogP contribution < -0.4 is 20.9 Å². The molecule has 2 aromatic carbocycles. The summed E-state index contributed by atoms with van der Waals surface area (Å²) >= 11 is 0. The molecule has 228 valence electrons. The highest BCUT2D eigenvalue weighted by molar-refractivity contribution is 6.08. The number of nitrogens with zero attached hydrogens (tertiary/aromatic N) is 2. The Bertz CT molecular complexity index is 1590. The number of hydrogen-bond donors (Lipinski definition) is 3. The van der Waals surface area contributed by atoms with Crippen molar-refractivity contribution in [1.82, 2.24) is 15.4 Å². The van der Waals surface area contributed by atoms with Crippen LogP contribution in [-0.4, -0.2) is 34.8 Å². The molecule has 1 atom stereocenters. The predicted octanol–water partition coefficient (Wildman–Crippen LogP) is 6.80. The number of esters is 1. The molecule has 4 rings (SSSR count). The molecule has 1 unspecified atom stereocenters. The van der Waals surface area contributed by atoms with Crippen molar-refractivity contribution in [2.45, 2.75) is 53.3 Å². The van der Waals surface area contributed by atoms with Crippen molar-refractivity contribution >= 4 is 40.4 Å². The van der Waals surface area contributed by atoms with Gasteiger partial charge in [-0.2, -0.15) is 9.97 Å². The predicted molar refractivity (Wildman–Crippen MR) is 154 cm³/mol. The van der Waals surface area contributed by atoms with E-state index >= 15 is 0 Å². The number of ether oxygens (including phenoxy) is 2. The molecule has 43 heavy (non-hydrogen) atoms. The van der Waals surface area contributed by atoms with Gasteiger partial charge in [0.05, 0.1) is 17.9 Å². The van der Waals surface area contributed by atoms with E-state index in [0.29, 0.717) is 11.6 Å². The van der Waals surface area contributed by atoms with Crippen LogP contribution in [0.5, 0.6) is 5.75 Å². The summed E-state index contributed by atoms with van der Waals surface area (Å²) in [6.07, 6.45) is -3.89. The molecule has 0 aliphatic heterocycles. The average molecular weight is 600 g/mol. The lowest BCUT2D eigenvalue weighted by Crippen LogP contribution is -2.33. The van der Waals surface area contributed by atoms with Crippen molar-refractivity contribution in [2.75, 3.05) is 17.3 Å². The molecule has 0 spiro atoms. The molecule has 0 saturated carbocycles. The Kier molecular flexibility index (Phi) is 9.42. The summed E-state index contributed by atoms with van der Waals surface area (Å²) in [4.78, 5) is 34.6. The third-order valence-electron chi connectivity index (χ3n) is 6.37. The first kappa shape index (κ1) is 31.1. The van der Waals surface area contributed by atoms with Gasteiger partial charge in [-0.25, -0.2) is 4.79 Å². The van der Waals surface area contributed by atoms with Gasteiger partial charge in [0, 0.05) is 5.69 Å². The van der Waals surface area contributed by atoms with Crippen LogP contribution in [-0.2, 0) is 16.0 Å². The molecule has 0 bridgehead atoms. The molecule has 0 fully saturated rings. The highest BCUT2D eigenvalue weighted by atomic mass is 19.4. The summed E-state index contributed by atoms with van der Waals surface area (Å²) in [5.74, 6) is -1.20. The fourth-order valence-corrected chi connectivity index (χ4v) is 4.37. The number of hydrazine groups is 1. The van der Waals surface area contributed by atoms with E-state index in [1.807, 2.05) is 24.3 Å². The highest BCUT2D eigenvalue weighted by Gasteiger charge is 2.31. The first-order chi connectivity index (χ1) is 20.3. The molecule has 13 heteroatoms. The number of carbonyl (C=O) groups excluding carboxylic acids is 2. The summed E-state index contributed by atoms with van der Waals surface area (Å²) in [6, 6.07) is 12.8. The first-order valence-corrected chi connectivity index (χ1v) is 13.6. The van der Waals surface area contributed by atoms with Crippen LogP contribution in [0.25, 0.3) is 11.1 Å². The second-order valence-corrected chi connectivity index (χ2v) is 10.2. The molecule has 4 aromatic rings. The van der Waals surface area contributed by atoms with E-state index < -0.39 is 24.0 Å². The third kappa shape index (κ3) is 7.93. The molecule has 0 saturated heterocycles. The van der Waals surface area contributed by atoms with E-state index in [9.17, 15) is 22.8 Å². The minimum atomic E-state index is -4.82. The average Bonchev–Trinajstić information content (AvgIpc) is 3.27. The molecule has 0 radical (unpaired) electrons. The molecule has 0 aliphatic carbocycles. The summed E-state index contributed by atoms with van der Waals surface area (Å²) in [5.41, 5.74) is 7.85. The molecule has 0 aliphatic rings. The molecule has 2 heterocycles.